The van der Waals surface area contributed by atoms with Crippen molar-refractivity contribution in [3.63, 3.8) is 0 Å². The first-order valence-electron chi connectivity index (χ1n) is 1.51. The SMILES string of the molecule is SC1C=NN=N1. The second-order valence-electron chi connectivity index (χ2n) is 0.883. The molecule has 32 valence electrons. The summed E-state index contributed by atoms with van der Waals surface area (Å²) in [4.78, 5) is 0. The molecule has 0 aliphatic carbocycles. The van der Waals surface area contributed by atoms with Crippen LogP contribution < -0.4 is 0 Å². The second-order valence-corrected chi connectivity index (χ2v) is 1.41. The quantitative estimate of drug-likeness (QED) is 0.436. The molecule has 0 aromatic rings. The molecular weight excluding hydrogens is 98.1 g/mol. The molecule has 1 unspecified atom stereocenters. The van der Waals surface area contributed by atoms with Crippen molar-refractivity contribution in [1.82, 2.24) is 0 Å². The van der Waals surface area contributed by atoms with E-state index in [9.17, 15) is 0 Å². The molecule has 1 aliphatic rings. The van der Waals surface area contributed by atoms with Crippen molar-refractivity contribution in [2.75, 3.05) is 0 Å². The molecule has 0 amide bonds. The molecule has 3 nitrogen and oxygen atoms in total. The highest BCUT2D eigenvalue weighted by atomic mass is 32.1. The number of nitrogens with zero attached hydrogens (tertiary/aromatic N) is 3. The van der Waals surface area contributed by atoms with Crippen molar-refractivity contribution in [2.24, 2.45) is 15.4 Å². The Balaban J connectivity index is 2.60. The molecule has 0 saturated heterocycles. The predicted molar refractivity (Wildman–Crippen MR) is 26.1 cm³/mol. The Morgan fingerprint density at radius 3 is 2.67 bits per heavy atom. The summed E-state index contributed by atoms with van der Waals surface area (Å²) in [5.74, 6) is 0. The first-order valence-corrected chi connectivity index (χ1v) is 2.02. The highest BCUT2D eigenvalue weighted by Gasteiger charge is 1.96. The number of hydrogen-bond acceptors (Lipinski definition) is 4. The van der Waals surface area contributed by atoms with E-state index in [2.05, 4.69) is 28.1 Å². The highest BCUT2D eigenvalue weighted by Crippen LogP contribution is 1.99. The van der Waals surface area contributed by atoms with Crippen LogP contribution in [0.1, 0.15) is 0 Å². The fraction of sp³-hybridized carbons (Fsp3) is 0.500. The van der Waals surface area contributed by atoms with E-state index in [-0.39, 0.29) is 5.37 Å². The first kappa shape index (κ1) is 3.80. The standard InChI is InChI=1S/C2H3N3S/c6-2-1-3-5-4-2/h1-2,6H. The van der Waals surface area contributed by atoms with Crippen molar-refractivity contribution in [1.29, 1.82) is 0 Å². The molecular formula is C2H3N3S. The normalized spacial score (nSPS) is 29.2. The average molecular weight is 101 g/mol. The third-order valence-corrected chi connectivity index (χ3v) is 0.658. The van der Waals surface area contributed by atoms with E-state index in [1.807, 2.05) is 0 Å². The summed E-state index contributed by atoms with van der Waals surface area (Å²) < 4.78 is 0. The number of rotatable bonds is 0. The van der Waals surface area contributed by atoms with Crippen molar-refractivity contribution in [3.8, 4) is 0 Å². The molecule has 0 radical (unpaired) electrons. The Kier molecular flexibility index (Phi) is 0.874. The van der Waals surface area contributed by atoms with Crippen LogP contribution in [0.3, 0.4) is 0 Å². The minimum Gasteiger partial charge on any atom is -0.149 e. The van der Waals surface area contributed by atoms with Gasteiger partial charge in [0.25, 0.3) is 0 Å². The second kappa shape index (κ2) is 1.38. The molecule has 0 saturated carbocycles. The van der Waals surface area contributed by atoms with Gasteiger partial charge in [-0.1, -0.05) is 0 Å². The summed E-state index contributed by atoms with van der Waals surface area (Å²) in [5.41, 5.74) is 0. The van der Waals surface area contributed by atoms with Crippen LogP contribution in [-0.4, -0.2) is 11.6 Å². The maximum absolute atomic E-state index is 3.88. The Morgan fingerprint density at radius 1 is 1.67 bits per heavy atom. The van der Waals surface area contributed by atoms with E-state index in [4.69, 9.17) is 0 Å². The van der Waals surface area contributed by atoms with E-state index >= 15 is 0 Å². The summed E-state index contributed by atoms with van der Waals surface area (Å²) in [5, 5.41) is 10.1. The van der Waals surface area contributed by atoms with E-state index < -0.39 is 0 Å². The minimum absolute atomic E-state index is 0.0926. The summed E-state index contributed by atoms with van der Waals surface area (Å²) in [6.45, 7) is 0. The minimum atomic E-state index is -0.0926. The van der Waals surface area contributed by atoms with Gasteiger partial charge < -0.3 is 0 Å². The van der Waals surface area contributed by atoms with Crippen LogP contribution in [0.2, 0.25) is 0 Å². The highest BCUT2D eigenvalue weighted by molar-refractivity contribution is 7.81. The Bertz CT molecular complexity index is 85.0. The lowest BCUT2D eigenvalue weighted by Crippen LogP contribution is -1.85. The monoisotopic (exact) mass is 101 g/mol. The summed E-state index contributed by atoms with van der Waals surface area (Å²) in [7, 11) is 0. The maximum Gasteiger partial charge on any atom is 0.153 e. The maximum atomic E-state index is 3.88. The molecule has 0 aromatic carbocycles. The first-order chi connectivity index (χ1) is 2.89. The van der Waals surface area contributed by atoms with Crippen LogP contribution in [-0.2, 0) is 0 Å². The van der Waals surface area contributed by atoms with Gasteiger partial charge in [0.2, 0.25) is 0 Å². The Hall–Kier alpha value is -0.380. The Labute approximate surface area is 40.6 Å². The molecule has 1 heterocycles. The molecule has 1 aliphatic heterocycles. The van der Waals surface area contributed by atoms with Crippen molar-refractivity contribution in [2.45, 2.75) is 5.37 Å². The predicted octanol–water partition coefficient (Wildman–Crippen LogP) is 0.694. The molecule has 0 spiro atoms. The van der Waals surface area contributed by atoms with Crippen LogP contribution in [0.25, 0.3) is 0 Å². The average Bonchev–Trinajstić information content (AvgIpc) is 1.86. The largest absolute Gasteiger partial charge is 0.153 e. The van der Waals surface area contributed by atoms with Crippen LogP contribution in [0.15, 0.2) is 15.4 Å². The van der Waals surface area contributed by atoms with Gasteiger partial charge in [-0.25, -0.2) is 0 Å². The molecule has 0 N–H and O–H groups in total. The smallest absolute Gasteiger partial charge is 0.149 e. The van der Waals surface area contributed by atoms with Gasteiger partial charge in [0.1, 0.15) is 0 Å². The van der Waals surface area contributed by atoms with Gasteiger partial charge in [-0.05, 0) is 5.22 Å². The van der Waals surface area contributed by atoms with E-state index in [1.54, 1.807) is 6.21 Å². The van der Waals surface area contributed by atoms with Gasteiger partial charge in [0, 0.05) is 0 Å². The molecule has 1 rings (SSSR count). The third kappa shape index (κ3) is 0.567. The van der Waals surface area contributed by atoms with Crippen LogP contribution in [0.5, 0.6) is 0 Å². The van der Waals surface area contributed by atoms with Gasteiger partial charge in [0.15, 0.2) is 5.37 Å². The number of thiol groups is 1. The Morgan fingerprint density at radius 2 is 2.50 bits per heavy atom. The van der Waals surface area contributed by atoms with Gasteiger partial charge in [-0.15, -0.1) is 22.8 Å². The van der Waals surface area contributed by atoms with Gasteiger partial charge in [-0.2, -0.15) is 0 Å². The van der Waals surface area contributed by atoms with E-state index in [1.165, 1.54) is 0 Å². The van der Waals surface area contributed by atoms with Crippen molar-refractivity contribution >= 4 is 18.8 Å². The summed E-state index contributed by atoms with van der Waals surface area (Å²) >= 11 is 3.88. The third-order valence-electron chi connectivity index (χ3n) is 0.422. The number of hydrogen-bond donors (Lipinski definition) is 1. The zero-order chi connectivity index (χ0) is 4.41. The fourth-order valence-electron chi connectivity index (χ4n) is 0.202. The zero-order valence-electron chi connectivity index (χ0n) is 2.94. The van der Waals surface area contributed by atoms with Gasteiger partial charge >= 0.3 is 0 Å². The molecule has 0 aromatic heterocycles. The lowest BCUT2D eigenvalue weighted by atomic mass is 10.8. The van der Waals surface area contributed by atoms with Crippen molar-refractivity contribution in [3.05, 3.63) is 0 Å². The lowest BCUT2D eigenvalue weighted by Gasteiger charge is -1.77. The van der Waals surface area contributed by atoms with Crippen molar-refractivity contribution < 1.29 is 0 Å². The summed E-state index contributed by atoms with van der Waals surface area (Å²) in [6, 6.07) is 0. The topological polar surface area (TPSA) is 37.1 Å². The molecule has 1 atom stereocenters. The molecule has 0 fully saturated rings. The van der Waals surface area contributed by atoms with E-state index in [0.717, 1.165) is 0 Å². The summed E-state index contributed by atoms with van der Waals surface area (Å²) in [6.07, 6.45) is 1.56. The van der Waals surface area contributed by atoms with Gasteiger partial charge in [-0.3, -0.25) is 0 Å². The van der Waals surface area contributed by atoms with Crippen LogP contribution in [0, 0.1) is 0 Å². The zero-order valence-corrected chi connectivity index (χ0v) is 3.84. The van der Waals surface area contributed by atoms with Crippen LogP contribution >= 0.6 is 12.6 Å². The molecule has 6 heavy (non-hydrogen) atoms. The van der Waals surface area contributed by atoms with E-state index in [0.29, 0.717) is 0 Å². The lowest BCUT2D eigenvalue weighted by molar-refractivity contribution is 1.04. The molecule has 0 bridgehead atoms. The fourth-order valence-corrected chi connectivity index (χ4v) is 0.308. The van der Waals surface area contributed by atoms with Crippen LogP contribution in [0.4, 0.5) is 0 Å². The molecule has 4 heteroatoms. The van der Waals surface area contributed by atoms with Gasteiger partial charge in [0.05, 0.1) is 6.21 Å².